The molecule has 2 amide bonds. The van der Waals surface area contributed by atoms with E-state index in [0.717, 1.165) is 18.5 Å². The Morgan fingerprint density at radius 2 is 1.89 bits per heavy atom. The Kier molecular flexibility index (Phi) is 5.79. The number of ether oxygens (including phenoxy) is 1. The number of carbonyl (C=O) groups is 3. The molecule has 0 radical (unpaired) electrons. The van der Waals surface area contributed by atoms with Crippen LogP contribution < -0.4 is 15.5 Å². The highest BCUT2D eigenvalue weighted by atomic mass is 16.5. The summed E-state index contributed by atoms with van der Waals surface area (Å²) in [6.45, 7) is 1.78. The first-order chi connectivity index (χ1) is 12.8. The number of ketones is 1. The fourth-order valence-electron chi connectivity index (χ4n) is 3.18. The van der Waals surface area contributed by atoms with Crippen LogP contribution in [-0.4, -0.2) is 56.5 Å². The first kappa shape index (κ1) is 19.4. The quantitative estimate of drug-likeness (QED) is 0.748. The maximum absolute atomic E-state index is 12.7. The predicted molar refractivity (Wildman–Crippen MR) is 102 cm³/mol. The van der Waals surface area contributed by atoms with Crippen molar-refractivity contribution in [2.45, 2.75) is 44.4 Å². The van der Waals surface area contributed by atoms with Crippen molar-refractivity contribution in [2.75, 3.05) is 25.6 Å². The third-order valence-corrected chi connectivity index (χ3v) is 5.14. The Labute approximate surface area is 159 Å². The highest BCUT2D eigenvalue weighted by Gasteiger charge is 2.37. The number of anilines is 1. The van der Waals surface area contributed by atoms with Crippen LogP contribution in [0.3, 0.4) is 0 Å². The highest BCUT2D eigenvalue weighted by molar-refractivity contribution is 5.99. The van der Waals surface area contributed by atoms with E-state index in [2.05, 4.69) is 10.6 Å². The van der Waals surface area contributed by atoms with E-state index in [-0.39, 0.29) is 30.3 Å². The van der Waals surface area contributed by atoms with Gasteiger partial charge in [-0.2, -0.15) is 0 Å². The monoisotopic (exact) mass is 373 g/mol. The van der Waals surface area contributed by atoms with Gasteiger partial charge in [0.05, 0.1) is 6.10 Å². The number of carbonyl (C=O) groups excluding carboxylic acids is 3. The summed E-state index contributed by atoms with van der Waals surface area (Å²) in [6, 6.07) is 5.91. The van der Waals surface area contributed by atoms with Gasteiger partial charge in [0.2, 0.25) is 5.91 Å². The first-order valence-corrected chi connectivity index (χ1v) is 9.38. The van der Waals surface area contributed by atoms with E-state index in [1.165, 1.54) is 0 Å². The zero-order valence-corrected chi connectivity index (χ0v) is 16.0. The van der Waals surface area contributed by atoms with Crippen molar-refractivity contribution in [1.29, 1.82) is 0 Å². The van der Waals surface area contributed by atoms with E-state index in [9.17, 15) is 14.4 Å². The predicted octanol–water partition coefficient (Wildman–Crippen LogP) is 1.12. The molecule has 2 aliphatic rings. The molecule has 2 fully saturated rings. The maximum Gasteiger partial charge on any atom is 0.251 e. The summed E-state index contributed by atoms with van der Waals surface area (Å²) in [5, 5.41) is 5.60. The number of nitrogens with one attached hydrogen (secondary N) is 2. The first-order valence-electron chi connectivity index (χ1n) is 9.38. The summed E-state index contributed by atoms with van der Waals surface area (Å²) in [4.78, 5) is 39.2. The van der Waals surface area contributed by atoms with Crippen LogP contribution in [0.25, 0.3) is 0 Å². The van der Waals surface area contributed by atoms with Gasteiger partial charge in [0.1, 0.15) is 18.7 Å². The second-order valence-corrected chi connectivity index (χ2v) is 7.62. The van der Waals surface area contributed by atoms with Crippen molar-refractivity contribution in [3.05, 3.63) is 29.8 Å². The van der Waals surface area contributed by atoms with Crippen molar-refractivity contribution in [1.82, 2.24) is 10.6 Å². The summed E-state index contributed by atoms with van der Waals surface area (Å²) in [6.07, 6.45) is 2.37. The van der Waals surface area contributed by atoms with Crippen LogP contribution in [-0.2, 0) is 14.3 Å². The van der Waals surface area contributed by atoms with E-state index in [1.54, 1.807) is 19.1 Å². The fraction of sp³-hybridized carbons (Fsp3) is 0.550. The Morgan fingerprint density at radius 3 is 2.41 bits per heavy atom. The summed E-state index contributed by atoms with van der Waals surface area (Å²) in [7, 11) is 3.86. The van der Waals surface area contributed by atoms with Gasteiger partial charge in [-0.15, -0.1) is 0 Å². The molecule has 1 aliphatic heterocycles. The number of nitrogens with zero attached hydrogens (tertiary/aromatic N) is 1. The topological polar surface area (TPSA) is 87.7 Å². The zero-order chi connectivity index (χ0) is 19.6. The van der Waals surface area contributed by atoms with Gasteiger partial charge in [-0.25, -0.2) is 0 Å². The molecule has 27 heavy (non-hydrogen) atoms. The van der Waals surface area contributed by atoms with Gasteiger partial charge in [0.25, 0.3) is 5.91 Å². The Hall–Kier alpha value is -2.41. The molecule has 0 bridgehead atoms. The molecule has 7 heteroatoms. The van der Waals surface area contributed by atoms with Crippen LogP contribution in [0.5, 0.6) is 0 Å². The van der Waals surface area contributed by atoms with Gasteiger partial charge in [0.15, 0.2) is 5.78 Å². The minimum Gasteiger partial charge on any atom is -0.378 e. The summed E-state index contributed by atoms with van der Waals surface area (Å²) < 4.78 is 5.28. The van der Waals surface area contributed by atoms with Crippen LogP contribution in [0.4, 0.5) is 5.69 Å². The lowest BCUT2D eigenvalue weighted by Crippen LogP contribution is -2.53. The fourth-order valence-corrected chi connectivity index (χ4v) is 3.18. The standard InChI is InChI=1S/C20H27N3O4/c1-12-18(17(24)11-27-12)22-20(26)16(10-13-4-5-13)21-19(25)14-6-8-15(9-7-14)23(2)3/h6-9,12-13,16,18H,4-5,10-11H2,1-3H3,(H,21,25)(H,22,26)/t12-,16?,18+/m1/s1. The van der Waals surface area contributed by atoms with Crippen LogP contribution in [0.1, 0.15) is 36.5 Å². The minimum atomic E-state index is -0.654. The number of benzene rings is 1. The van der Waals surface area contributed by atoms with Crippen LogP contribution >= 0.6 is 0 Å². The van der Waals surface area contributed by atoms with Crippen molar-refractivity contribution >= 4 is 23.3 Å². The summed E-state index contributed by atoms with van der Waals surface area (Å²) in [5.41, 5.74) is 1.50. The van der Waals surface area contributed by atoms with Gasteiger partial charge in [-0.1, -0.05) is 12.8 Å². The molecular formula is C20H27N3O4. The number of hydrogen-bond donors (Lipinski definition) is 2. The molecule has 1 saturated carbocycles. The highest BCUT2D eigenvalue weighted by Crippen LogP contribution is 2.33. The average molecular weight is 373 g/mol. The molecule has 146 valence electrons. The molecule has 1 aromatic rings. The number of rotatable bonds is 7. The Balaban J connectivity index is 1.65. The van der Waals surface area contributed by atoms with E-state index in [1.807, 2.05) is 31.1 Å². The van der Waals surface area contributed by atoms with E-state index >= 15 is 0 Å². The lowest BCUT2D eigenvalue weighted by atomic mass is 10.1. The van der Waals surface area contributed by atoms with Crippen LogP contribution in [0, 0.1) is 5.92 Å². The van der Waals surface area contributed by atoms with Gasteiger partial charge in [0, 0.05) is 25.3 Å². The average Bonchev–Trinajstić information content (AvgIpc) is 3.41. The largest absolute Gasteiger partial charge is 0.378 e. The van der Waals surface area contributed by atoms with Crippen LogP contribution in [0.2, 0.25) is 0 Å². The van der Waals surface area contributed by atoms with Crippen LogP contribution in [0.15, 0.2) is 24.3 Å². The second-order valence-electron chi connectivity index (χ2n) is 7.62. The van der Waals surface area contributed by atoms with Crippen molar-refractivity contribution in [3.8, 4) is 0 Å². The van der Waals surface area contributed by atoms with Gasteiger partial charge < -0.3 is 20.3 Å². The summed E-state index contributed by atoms with van der Waals surface area (Å²) in [5.74, 6) is -0.296. The third-order valence-electron chi connectivity index (χ3n) is 5.14. The van der Waals surface area contributed by atoms with Crippen molar-refractivity contribution in [2.24, 2.45) is 5.92 Å². The van der Waals surface area contributed by atoms with E-state index in [0.29, 0.717) is 17.9 Å². The molecule has 7 nitrogen and oxygen atoms in total. The SMILES string of the molecule is C[C@H]1OCC(=O)[C@H]1NC(=O)C(CC1CC1)NC(=O)c1ccc(N(C)C)cc1. The molecule has 1 aliphatic carbocycles. The van der Waals surface area contributed by atoms with E-state index < -0.39 is 12.1 Å². The maximum atomic E-state index is 12.7. The molecule has 3 rings (SSSR count). The van der Waals surface area contributed by atoms with E-state index in [4.69, 9.17) is 4.74 Å². The van der Waals surface area contributed by atoms with Gasteiger partial charge in [-0.05, 0) is 43.5 Å². The lowest BCUT2D eigenvalue weighted by Gasteiger charge is -2.22. The number of hydrogen-bond acceptors (Lipinski definition) is 5. The van der Waals surface area contributed by atoms with Crippen molar-refractivity contribution in [3.63, 3.8) is 0 Å². The second kappa shape index (κ2) is 8.08. The molecule has 2 N–H and O–H groups in total. The zero-order valence-electron chi connectivity index (χ0n) is 16.0. The molecule has 0 spiro atoms. The molecule has 0 aromatic heterocycles. The van der Waals surface area contributed by atoms with Crippen molar-refractivity contribution < 1.29 is 19.1 Å². The molecule has 1 saturated heterocycles. The Bertz CT molecular complexity index is 712. The van der Waals surface area contributed by atoms with Gasteiger partial charge in [-0.3, -0.25) is 14.4 Å². The Morgan fingerprint density at radius 1 is 1.22 bits per heavy atom. The summed E-state index contributed by atoms with van der Waals surface area (Å²) >= 11 is 0. The number of Topliss-reactive ketones (excluding diaryl/α,β-unsaturated/α-hetero) is 1. The number of amides is 2. The molecule has 1 heterocycles. The molecule has 1 unspecified atom stereocenters. The van der Waals surface area contributed by atoms with Gasteiger partial charge >= 0.3 is 0 Å². The normalized spacial score (nSPS) is 23.0. The smallest absolute Gasteiger partial charge is 0.251 e. The molecule has 3 atom stereocenters. The molecule has 1 aromatic carbocycles. The minimum absolute atomic E-state index is 0.0178. The lowest BCUT2D eigenvalue weighted by molar-refractivity contribution is -0.127. The molecular weight excluding hydrogens is 346 g/mol. The third kappa shape index (κ3) is 4.86.